The summed E-state index contributed by atoms with van der Waals surface area (Å²) in [6.07, 6.45) is 4.64. The molecule has 1 saturated heterocycles. The van der Waals surface area contributed by atoms with Crippen LogP contribution >= 0.6 is 0 Å². The molecule has 4 rings (SSSR count). The molecule has 2 aromatic carbocycles. The van der Waals surface area contributed by atoms with E-state index in [-0.39, 0.29) is 36.6 Å². The van der Waals surface area contributed by atoms with Crippen LogP contribution in [0.1, 0.15) is 70.9 Å². The van der Waals surface area contributed by atoms with Gasteiger partial charge in [0.05, 0.1) is 12.5 Å². The first kappa shape index (κ1) is 30.6. The molecular weight excluding hydrogens is 518 g/mol. The third-order valence-corrected chi connectivity index (χ3v) is 8.11. The highest BCUT2D eigenvalue weighted by Gasteiger charge is 2.48. The number of allylic oxidation sites excluding steroid dienone is 2. The zero-order chi connectivity index (χ0) is 29.7. The number of unbranched alkanes of at least 4 members (excludes halogenated alkanes) is 1. The van der Waals surface area contributed by atoms with E-state index in [1.807, 2.05) is 47.4 Å². The van der Waals surface area contributed by atoms with Crippen LogP contribution in [-0.4, -0.2) is 54.4 Å². The Balaban J connectivity index is 1.69. The summed E-state index contributed by atoms with van der Waals surface area (Å²) in [5, 5.41) is 10.6. The molecule has 1 fully saturated rings. The van der Waals surface area contributed by atoms with Gasteiger partial charge in [-0.15, -0.1) is 0 Å². The standard InChI is InChI=1S/C33H45N3O5/c1-6-7-13-36(25-10-8-9-23(14-25)18-34)30(37)20-35-19-26(24-11-12-28-29(15-24)41-21-40-28)31(32(38)39)27(35)17-33(4,5)16-22(2)3/h8-12,14-16,26-27,31H,6-7,13,17-21,34H2,1-5H3,(H,38,39)/t26-,27+,31?/m1/s1. The predicted molar refractivity (Wildman–Crippen MR) is 161 cm³/mol. The lowest BCUT2D eigenvalue weighted by Crippen LogP contribution is -2.45. The van der Waals surface area contributed by atoms with E-state index >= 15 is 0 Å². The van der Waals surface area contributed by atoms with Crippen molar-refractivity contribution in [2.45, 2.75) is 72.4 Å². The third kappa shape index (κ3) is 7.29. The van der Waals surface area contributed by atoms with Crippen LogP contribution in [-0.2, 0) is 16.1 Å². The van der Waals surface area contributed by atoms with E-state index in [4.69, 9.17) is 15.2 Å². The number of benzene rings is 2. The predicted octanol–water partition coefficient (Wildman–Crippen LogP) is 5.56. The number of hydrogen-bond donors (Lipinski definition) is 2. The molecule has 0 saturated carbocycles. The first-order chi connectivity index (χ1) is 19.5. The van der Waals surface area contributed by atoms with Gasteiger partial charge in [0.2, 0.25) is 12.7 Å². The van der Waals surface area contributed by atoms with E-state index < -0.39 is 11.9 Å². The molecule has 3 N–H and O–H groups in total. The number of likely N-dealkylation sites (tertiary alicyclic amines) is 1. The van der Waals surface area contributed by atoms with Gasteiger partial charge in [0.1, 0.15) is 0 Å². The number of hydrogen-bond acceptors (Lipinski definition) is 6. The Morgan fingerprint density at radius 1 is 1.15 bits per heavy atom. The van der Waals surface area contributed by atoms with Gasteiger partial charge in [-0.3, -0.25) is 14.5 Å². The molecule has 0 radical (unpaired) electrons. The number of nitrogens with zero attached hydrogens (tertiary/aromatic N) is 2. The number of amides is 1. The van der Waals surface area contributed by atoms with E-state index in [1.165, 1.54) is 5.57 Å². The zero-order valence-electron chi connectivity index (χ0n) is 25.1. The Morgan fingerprint density at radius 2 is 1.90 bits per heavy atom. The minimum Gasteiger partial charge on any atom is -0.481 e. The van der Waals surface area contributed by atoms with Crippen molar-refractivity contribution in [2.24, 2.45) is 17.1 Å². The number of carbonyl (C=O) groups excluding carboxylic acids is 1. The van der Waals surface area contributed by atoms with Crippen molar-refractivity contribution in [3.8, 4) is 11.5 Å². The number of aliphatic carboxylic acids is 1. The number of anilines is 1. The normalized spacial score (nSPS) is 20.2. The highest BCUT2D eigenvalue weighted by Crippen LogP contribution is 2.45. The maximum Gasteiger partial charge on any atom is 0.308 e. The zero-order valence-corrected chi connectivity index (χ0v) is 25.1. The Morgan fingerprint density at radius 3 is 2.59 bits per heavy atom. The van der Waals surface area contributed by atoms with Gasteiger partial charge < -0.3 is 25.2 Å². The third-order valence-electron chi connectivity index (χ3n) is 8.11. The summed E-state index contributed by atoms with van der Waals surface area (Å²) in [5.41, 5.74) is 9.51. The van der Waals surface area contributed by atoms with Crippen LogP contribution in [0.2, 0.25) is 0 Å². The lowest BCUT2D eigenvalue weighted by Gasteiger charge is -2.34. The Labute approximate surface area is 244 Å². The summed E-state index contributed by atoms with van der Waals surface area (Å²) in [7, 11) is 0. The first-order valence-corrected chi connectivity index (χ1v) is 14.6. The van der Waals surface area contributed by atoms with Crippen molar-refractivity contribution in [3.05, 3.63) is 65.2 Å². The van der Waals surface area contributed by atoms with Crippen LogP contribution in [0.5, 0.6) is 11.5 Å². The van der Waals surface area contributed by atoms with Crippen LogP contribution in [0.15, 0.2) is 54.1 Å². The van der Waals surface area contributed by atoms with Gasteiger partial charge in [-0.1, -0.05) is 57.0 Å². The average Bonchev–Trinajstić information content (AvgIpc) is 3.52. The van der Waals surface area contributed by atoms with Gasteiger partial charge in [-0.05, 0) is 67.5 Å². The maximum atomic E-state index is 14.0. The maximum absolute atomic E-state index is 14.0. The summed E-state index contributed by atoms with van der Waals surface area (Å²) < 4.78 is 11.1. The summed E-state index contributed by atoms with van der Waals surface area (Å²) in [6, 6.07) is 13.2. The lowest BCUT2D eigenvalue weighted by atomic mass is 9.77. The summed E-state index contributed by atoms with van der Waals surface area (Å²) in [4.78, 5) is 30.9. The van der Waals surface area contributed by atoms with Crippen LogP contribution in [0.3, 0.4) is 0 Å². The van der Waals surface area contributed by atoms with Crippen LogP contribution in [0.4, 0.5) is 5.69 Å². The van der Waals surface area contributed by atoms with Crippen molar-refractivity contribution in [1.82, 2.24) is 4.90 Å². The van der Waals surface area contributed by atoms with E-state index in [0.29, 0.717) is 37.6 Å². The Bertz CT molecular complexity index is 1270. The van der Waals surface area contributed by atoms with Crippen LogP contribution in [0, 0.1) is 11.3 Å². The molecule has 222 valence electrons. The second kappa shape index (κ2) is 13.1. The Hall–Kier alpha value is -3.36. The largest absolute Gasteiger partial charge is 0.481 e. The summed E-state index contributed by atoms with van der Waals surface area (Å²) in [5.74, 6) is -0.567. The highest BCUT2D eigenvalue weighted by molar-refractivity contribution is 5.95. The molecule has 0 aliphatic carbocycles. The highest BCUT2D eigenvalue weighted by atomic mass is 16.7. The molecule has 41 heavy (non-hydrogen) atoms. The van der Waals surface area contributed by atoms with E-state index in [1.54, 1.807) is 0 Å². The molecule has 0 spiro atoms. The minimum absolute atomic E-state index is 0.0342. The lowest BCUT2D eigenvalue weighted by molar-refractivity contribution is -0.143. The van der Waals surface area contributed by atoms with Gasteiger partial charge in [0.25, 0.3) is 0 Å². The topological polar surface area (TPSA) is 105 Å². The average molecular weight is 564 g/mol. The number of nitrogens with two attached hydrogens (primary N) is 1. The van der Waals surface area contributed by atoms with E-state index in [2.05, 4.69) is 45.6 Å². The molecule has 8 nitrogen and oxygen atoms in total. The number of ether oxygens (including phenoxy) is 2. The number of carboxylic acids is 1. The molecule has 2 aliphatic heterocycles. The molecule has 2 heterocycles. The molecule has 2 aliphatic rings. The van der Waals surface area contributed by atoms with Crippen molar-refractivity contribution in [1.29, 1.82) is 0 Å². The van der Waals surface area contributed by atoms with Gasteiger partial charge in [-0.2, -0.15) is 0 Å². The molecular formula is C33H45N3O5. The molecule has 3 atom stereocenters. The van der Waals surface area contributed by atoms with Gasteiger partial charge in [-0.25, -0.2) is 0 Å². The van der Waals surface area contributed by atoms with Gasteiger partial charge in [0, 0.05) is 37.3 Å². The summed E-state index contributed by atoms with van der Waals surface area (Å²) in [6.45, 7) is 12.2. The second-order valence-electron chi connectivity index (χ2n) is 12.3. The SMILES string of the molecule is CCCCN(C(=O)CN1C[C@H](c2ccc3c(c2)OCO3)C(C(=O)O)[C@@H]1CC(C)(C)C=C(C)C)c1cccc(CN)c1. The fraction of sp³-hybridized carbons (Fsp3) is 0.515. The molecule has 2 aromatic rings. The summed E-state index contributed by atoms with van der Waals surface area (Å²) >= 11 is 0. The number of rotatable bonds is 12. The molecule has 1 unspecified atom stereocenters. The molecule has 1 amide bonds. The fourth-order valence-corrected chi connectivity index (χ4v) is 6.43. The molecule has 0 aromatic heterocycles. The van der Waals surface area contributed by atoms with E-state index in [0.717, 1.165) is 29.7 Å². The first-order valence-electron chi connectivity index (χ1n) is 14.6. The monoisotopic (exact) mass is 563 g/mol. The number of fused-ring (bicyclic) bond motifs is 1. The van der Waals surface area contributed by atoms with Crippen LogP contribution < -0.4 is 20.1 Å². The number of carbonyl (C=O) groups is 2. The van der Waals surface area contributed by atoms with Crippen molar-refractivity contribution >= 4 is 17.6 Å². The molecule has 0 bridgehead atoms. The van der Waals surface area contributed by atoms with Gasteiger partial charge >= 0.3 is 5.97 Å². The Kier molecular flexibility index (Phi) is 9.76. The molecule has 8 heteroatoms. The fourth-order valence-electron chi connectivity index (χ4n) is 6.43. The van der Waals surface area contributed by atoms with E-state index in [9.17, 15) is 14.7 Å². The minimum atomic E-state index is -0.848. The quantitative estimate of drug-likeness (QED) is 0.326. The van der Waals surface area contributed by atoms with Crippen molar-refractivity contribution < 1.29 is 24.2 Å². The van der Waals surface area contributed by atoms with Crippen molar-refractivity contribution in [2.75, 3.05) is 31.3 Å². The van der Waals surface area contributed by atoms with Gasteiger partial charge in [0.15, 0.2) is 11.5 Å². The smallest absolute Gasteiger partial charge is 0.308 e. The second-order valence-corrected chi connectivity index (χ2v) is 12.3. The number of carboxylic acid groups (broad SMARTS) is 1. The van der Waals surface area contributed by atoms with Crippen LogP contribution in [0.25, 0.3) is 0 Å². The van der Waals surface area contributed by atoms with Crippen molar-refractivity contribution in [3.63, 3.8) is 0 Å².